The summed E-state index contributed by atoms with van der Waals surface area (Å²) in [5.41, 5.74) is 0.192. The third-order valence-electron chi connectivity index (χ3n) is 4.20. The molecule has 0 saturated carbocycles. The van der Waals surface area contributed by atoms with Gasteiger partial charge in [-0.25, -0.2) is 0 Å². The van der Waals surface area contributed by atoms with Crippen molar-refractivity contribution in [1.29, 1.82) is 0 Å². The zero-order valence-electron chi connectivity index (χ0n) is 14.3. The van der Waals surface area contributed by atoms with Gasteiger partial charge in [-0.05, 0) is 44.2 Å². The van der Waals surface area contributed by atoms with Crippen molar-refractivity contribution in [3.05, 3.63) is 54.1 Å². The Balaban J connectivity index is 1.83. The Morgan fingerprint density at radius 2 is 1.88 bits per heavy atom. The van der Waals surface area contributed by atoms with Gasteiger partial charge in [0, 0.05) is 29.6 Å². The number of carbonyl (C=O) groups excluding carboxylic acids is 1. The number of phenolic OH excluding ortho intramolecular Hbond substituents is 1. The summed E-state index contributed by atoms with van der Waals surface area (Å²) in [6.07, 6.45) is 0. The number of benzene rings is 2. The Kier molecular flexibility index (Phi) is 4.81. The fraction of sp³-hybridized carbons (Fsp3) is 0.316. The number of para-hydroxylation sites is 1. The lowest BCUT2D eigenvalue weighted by Gasteiger charge is -2.37. The lowest BCUT2D eigenvalue weighted by atomic mass is 10.1. The molecular weight excluding hydrogens is 338 g/mol. The summed E-state index contributed by atoms with van der Waals surface area (Å²) >= 11 is 0. The predicted octanol–water partition coefficient (Wildman–Crippen LogP) is 3.17. The summed E-state index contributed by atoms with van der Waals surface area (Å²) in [7, 11) is -0.962. The first-order valence-corrected chi connectivity index (χ1v) is 9.42. The van der Waals surface area contributed by atoms with Gasteiger partial charge in [0.25, 0.3) is 5.91 Å². The molecule has 1 saturated heterocycles. The summed E-state index contributed by atoms with van der Waals surface area (Å²) < 4.78 is 17.3. The SMILES string of the molecule is CC1(C)CN(C(=O)c2cc(Oc3ccccc3)ccc2O)CCS1=O. The van der Waals surface area contributed by atoms with E-state index in [9.17, 15) is 14.1 Å². The average Bonchev–Trinajstić information content (AvgIpc) is 2.59. The van der Waals surface area contributed by atoms with Crippen LogP contribution < -0.4 is 4.74 Å². The number of rotatable bonds is 3. The lowest BCUT2D eigenvalue weighted by Crippen LogP contribution is -2.52. The second-order valence-electron chi connectivity index (χ2n) is 6.63. The zero-order valence-corrected chi connectivity index (χ0v) is 15.1. The highest BCUT2D eigenvalue weighted by molar-refractivity contribution is 7.86. The minimum atomic E-state index is -0.962. The first-order chi connectivity index (χ1) is 11.9. The number of phenols is 1. The molecule has 0 radical (unpaired) electrons. The van der Waals surface area contributed by atoms with Crippen molar-refractivity contribution in [3.8, 4) is 17.2 Å². The fourth-order valence-corrected chi connectivity index (χ4v) is 4.04. The molecule has 3 rings (SSSR count). The summed E-state index contributed by atoms with van der Waals surface area (Å²) in [6.45, 7) is 4.58. The largest absolute Gasteiger partial charge is 0.507 e. The van der Waals surface area contributed by atoms with Gasteiger partial charge >= 0.3 is 0 Å². The van der Waals surface area contributed by atoms with Gasteiger partial charge in [0.05, 0.1) is 10.3 Å². The van der Waals surface area contributed by atoms with Crippen LogP contribution in [0.15, 0.2) is 48.5 Å². The Hall–Kier alpha value is -2.34. The van der Waals surface area contributed by atoms with Crippen LogP contribution in [0, 0.1) is 0 Å². The van der Waals surface area contributed by atoms with Crippen molar-refractivity contribution in [2.24, 2.45) is 0 Å². The maximum atomic E-state index is 12.8. The first kappa shape index (κ1) is 17.5. The predicted molar refractivity (Wildman–Crippen MR) is 97.6 cm³/mol. The van der Waals surface area contributed by atoms with Crippen LogP contribution in [0.5, 0.6) is 17.2 Å². The second-order valence-corrected chi connectivity index (χ2v) is 8.83. The van der Waals surface area contributed by atoms with Gasteiger partial charge < -0.3 is 14.7 Å². The smallest absolute Gasteiger partial charge is 0.257 e. The summed E-state index contributed by atoms with van der Waals surface area (Å²) in [4.78, 5) is 14.5. The van der Waals surface area contributed by atoms with Gasteiger partial charge in [-0.2, -0.15) is 0 Å². The molecule has 1 fully saturated rings. The van der Waals surface area contributed by atoms with E-state index < -0.39 is 15.5 Å². The van der Waals surface area contributed by atoms with Crippen molar-refractivity contribution in [2.75, 3.05) is 18.8 Å². The van der Waals surface area contributed by atoms with E-state index in [2.05, 4.69) is 0 Å². The van der Waals surface area contributed by atoms with Crippen LogP contribution in [-0.2, 0) is 10.8 Å². The van der Waals surface area contributed by atoms with Gasteiger partial charge in [0.1, 0.15) is 17.2 Å². The van der Waals surface area contributed by atoms with Gasteiger partial charge in [-0.1, -0.05) is 18.2 Å². The number of amides is 1. The summed E-state index contributed by atoms with van der Waals surface area (Å²) in [6, 6.07) is 13.9. The van der Waals surface area contributed by atoms with Gasteiger partial charge in [0.15, 0.2) is 0 Å². The number of hydrogen-bond donors (Lipinski definition) is 1. The minimum absolute atomic E-state index is 0.0880. The van der Waals surface area contributed by atoms with Crippen LogP contribution in [0.2, 0.25) is 0 Å². The highest BCUT2D eigenvalue weighted by Gasteiger charge is 2.36. The number of nitrogens with zero attached hydrogens (tertiary/aromatic N) is 1. The maximum absolute atomic E-state index is 12.8. The van der Waals surface area contributed by atoms with Crippen LogP contribution in [-0.4, -0.2) is 43.7 Å². The highest BCUT2D eigenvalue weighted by atomic mass is 32.2. The van der Waals surface area contributed by atoms with E-state index in [1.807, 2.05) is 44.2 Å². The quantitative estimate of drug-likeness (QED) is 0.914. The molecule has 2 aromatic rings. The molecule has 0 aromatic heterocycles. The van der Waals surface area contributed by atoms with E-state index in [4.69, 9.17) is 4.74 Å². The number of ether oxygens (including phenoxy) is 1. The van der Waals surface area contributed by atoms with Crippen LogP contribution in [0.1, 0.15) is 24.2 Å². The molecule has 25 heavy (non-hydrogen) atoms. The molecule has 1 aliphatic heterocycles. The molecule has 132 valence electrons. The number of aromatic hydroxyl groups is 1. The molecule has 1 N–H and O–H groups in total. The Labute approximate surface area is 149 Å². The van der Waals surface area contributed by atoms with Crippen LogP contribution in [0.25, 0.3) is 0 Å². The van der Waals surface area contributed by atoms with Gasteiger partial charge in [-0.15, -0.1) is 0 Å². The minimum Gasteiger partial charge on any atom is -0.507 e. The first-order valence-electron chi connectivity index (χ1n) is 8.10. The number of hydrogen-bond acceptors (Lipinski definition) is 4. The molecule has 1 atom stereocenters. The summed E-state index contributed by atoms with van der Waals surface area (Å²) in [5, 5.41) is 10.1. The molecule has 6 heteroatoms. The van der Waals surface area contributed by atoms with Crippen LogP contribution in [0.3, 0.4) is 0 Å². The Bertz CT molecular complexity index is 804. The monoisotopic (exact) mass is 359 g/mol. The molecule has 1 unspecified atom stereocenters. The van der Waals surface area contributed by atoms with E-state index in [0.29, 0.717) is 30.3 Å². The topological polar surface area (TPSA) is 66.8 Å². The van der Waals surface area contributed by atoms with E-state index in [-0.39, 0.29) is 17.2 Å². The van der Waals surface area contributed by atoms with Crippen molar-refractivity contribution < 1.29 is 18.8 Å². The molecule has 0 bridgehead atoms. The van der Waals surface area contributed by atoms with E-state index in [0.717, 1.165) is 0 Å². The third kappa shape index (κ3) is 3.85. The van der Waals surface area contributed by atoms with E-state index in [1.165, 1.54) is 6.07 Å². The van der Waals surface area contributed by atoms with Crippen LogP contribution in [0.4, 0.5) is 0 Å². The normalized spacial score (nSPS) is 19.4. The fourth-order valence-electron chi connectivity index (χ4n) is 2.80. The lowest BCUT2D eigenvalue weighted by molar-refractivity contribution is 0.0742. The zero-order chi connectivity index (χ0) is 18.0. The van der Waals surface area contributed by atoms with Crippen molar-refractivity contribution in [1.82, 2.24) is 4.90 Å². The Morgan fingerprint density at radius 1 is 1.16 bits per heavy atom. The van der Waals surface area contributed by atoms with Crippen molar-refractivity contribution >= 4 is 16.7 Å². The molecular formula is C19H21NO4S. The highest BCUT2D eigenvalue weighted by Crippen LogP contribution is 2.29. The van der Waals surface area contributed by atoms with Gasteiger partial charge in [0.2, 0.25) is 0 Å². The molecule has 1 aliphatic rings. The average molecular weight is 359 g/mol. The maximum Gasteiger partial charge on any atom is 0.257 e. The Morgan fingerprint density at radius 3 is 2.56 bits per heavy atom. The van der Waals surface area contributed by atoms with E-state index in [1.54, 1.807) is 17.0 Å². The number of carbonyl (C=O) groups is 1. The molecule has 1 amide bonds. The van der Waals surface area contributed by atoms with Crippen LogP contribution >= 0.6 is 0 Å². The van der Waals surface area contributed by atoms with Crippen molar-refractivity contribution in [2.45, 2.75) is 18.6 Å². The molecule has 1 heterocycles. The third-order valence-corrected chi connectivity index (χ3v) is 6.11. The standard InChI is InChI=1S/C19H21NO4S/c1-19(2)13-20(10-11-25(19)23)18(22)16-12-15(8-9-17(16)21)24-14-6-4-3-5-7-14/h3-9,12,21H,10-11,13H2,1-2H3. The summed E-state index contributed by atoms with van der Waals surface area (Å²) in [5.74, 6) is 1.21. The molecule has 0 spiro atoms. The molecule has 2 aromatic carbocycles. The molecule has 0 aliphatic carbocycles. The molecule has 5 nitrogen and oxygen atoms in total. The van der Waals surface area contributed by atoms with Crippen molar-refractivity contribution in [3.63, 3.8) is 0 Å². The van der Waals surface area contributed by atoms with E-state index >= 15 is 0 Å². The van der Waals surface area contributed by atoms with Gasteiger partial charge in [-0.3, -0.25) is 9.00 Å². The second kappa shape index (κ2) is 6.88.